The van der Waals surface area contributed by atoms with Gasteiger partial charge in [-0.3, -0.25) is 0 Å². The van der Waals surface area contributed by atoms with Gasteiger partial charge in [-0.05, 0) is 54.7 Å². The van der Waals surface area contributed by atoms with Gasteiger partial charge in [-0.2, -0.15) is 0 Å². The molecule has 2 heteroatoms. The highest BCUT2D eigenvalue weighted by atomic mass is 16.5. The number of rotatable bonds is 5. The van der Waals surface area contributed by atoms with Crippen LogP contribution in [0, 0.1) is 5.41 Å². The van der Waals surface area contributed by atoms with Gasteiger partial charge in [-0.15, -0.1) is 0 Å². The summed E-state index contributed by atoms with van der Waals surface area (Å²) in [5.41, 5.74) is 9.17. The van der Waals surface area contributed by atoms with Crippen LogP contribution in [0.5, 0.6) is 5.75 Å². The van der Waals surface area contributed by atoms with E-state index in [0.29, 0.717) is 17.4 Å². The fraction of sp³-hybridized carbons (Fsp3) is 0.625. The molecule has 0 saturated heterocycles. The molecule has 0 bridgehead atoms. The first-order valence-corrected chi connectivity index (χ1v) is 6.91. The van der Waals surface area contributed by atoms with Crippen molar-refractivity contribution in [2.45, 2.75) is 52.0 Å². The van der Waals surface area contributed by atoms with Crippen molar-refractivity contribution in [2.75, 3.05) is 7.11 Å². The molecule has 1 aromatic carbocycles. The summed E-state index contributed by atoms with van der Waals surface area (Å²) < 4.78 is 5.43. The predicted molar refractivity (Wildman–Crippen MR) is 76.1 cm³/mol. The summed E-state index contributed by atoms with van der Waals surface area (Å²) in [6, 6.07) is 6.88. The number of hydrogen-bond acceptors (Lipinski definition) is 2. The van der Waals surface area contributed by atoms with Crippen LogP contribution in [0.2, 0.25) is 0 Å². The Hall–Kier alpha value is -1.02. The lowest BCUT2D eigenvalue weighted by Gasteiger charge is -2.21. The average Bonchev–Trinajstić information content (AvgIpc) is 3.10. The van der Waals surface area contributed by atoms with Gasteiger partial charge in [0.15, 0.2) is 0 Å². The molecule has 1 aliphatic rings. The van der Waals surface area contributed by atoms with Crippen molar-refractivity contribution in [3.8, 4) is 5.75 Å². The number of methoxy groups -OCH3 is 1. The number of benzene rings is 1. The van der Waals surface area contributed by atoms with Crippen molar-refractivity contribution in [1.82, 2.24) is 0 Å². The summed E-state index contributed by atoms with van der Waals surface area (Å²) in [6.07, 6.45) is 3.65. The minimum Gasteiger partial charge on any atom is -0.496 e. The molecule has 18 heavy (non-hydrogen) atoms. The summed E-state index contributed by atoms with van der Waals surface area (Å²) in [7, 11) is 1.74. The van der Waals surface area contributed by atoms with Crippen LogP contribution in [-0.2, 0) is 6.42 Å². The molecule has 0 heterocycles. The Morgan fingerprint density at radius 1 is 1.28 bits per heavy atom. The Balaban J connectivity index is 2.22. The van der Waals surface area contributed by atoms with E-state index >= 15 is 0 Å². The van der Waals surface area contributed by atoms with E-state index in [2.05, 4.69) is 39.0 Å². The van der Waals surface area contributed by atoms with Gasteiger partial charge in [0.1, 0.15) is 5.75 Å². The van der Waals surface area contributed by atoms with E-state index < -0.39 is 0 Å². The molecule has 1 aliphatic carbocycles. The lowest BCUT2D eigenvalue weighted by atomic mass is 9.88. The van der Waals surface area contributed by atoms with Crippen LogP contribution in [0.3, 0.4) is 0 Å². The van der Waals surface area contributed by atoms with E-state index in [-0.39, 0.29) is 0 Å². The number of nitrogens with two attached hydrogens (primary N) is 1. The van der Waals surface area contributed by atoms with Crippen LogP contribution in [0.15, 0.2) is 18.2 Å². The summed E-state index contributed by atoms with van der Waals surface area (Å²) in [4.78, 5) is 0. The first-order valence-electron chi connectivity index (χ1n) is 6.91. The van der Waals surface area contributed by atoms with Crippen LogP contribution in [0.25, 0.3) is 0 Å². The second kappa shape index (κ2) is 4.93. The van der Waals surface area contributed by atoms with Crippen molar-refractivity contribution in [3.05, 3.63) is 29.3 Å². The highest BCUT2D eigenvalue weighted by Gasteiger charge is 2.45. The third-order valence-electron chi connectivity index (χ3n) is 4.33. The Kier molecular flexibility index (Phi) is 3.67. The molecule has 1 aromatic rings. The minimum absolute atomic E-state index is 0.294. The molecule has 0 amide bonds. The van der Waals surface area contributed by atoms with E-state index in [1.165, 1.54) is 24.0 Å². The fourth-order valence-electron chi connectivity index (χ4n) is 2.71. The first-order chi connectivity index (χ1) is 8.48. The second-order valence-corrected chi connectivity index (χ2v) is 6.06. The third kappa shape index (κ3) is 2.54. The zero-order chi connectivity index (χ0) is 13.3. The first kappa shape index (κ1) is 13.4. The molecule has 0 aromatic heterocycles. The smallest absolute Gasteiger partial charge is 0.122 e. The average molecular weight is 247 g/mol. The summed E-state index contributed by atoms with van der Waals surface area (Å²) in [5, 5.41) is 0. The van der Waals surface area contributed by atoms with Gasteiger partial charge in [0.05, 0.1) is 7.11 Å². The van der Waals surface area contributed by atoms with Crippen molar-refractivity contribution in [2.24, 2.45) is 11.1 Å². The van der Waals surface area contributed by atoms with Crippen molar-refractivity contribution < 1.29 is 4.74 Å². The highest BCUT2D eigenvalue weighted by Crippen LogP contribution is 2.50. The maximum atomic E-state index is 6.11. The van der Waals surface area contributed by atoms with Gasteiger partial charge < -0.3 is 10.5 Å². The molecule has 1 atom stereocenters. The summed E-state index contributed by atoms with van der Waals surface area (Å²) in [6.45, 7) is 6.56. The fourth-order valence-corrected chi connectivity index (χ4v) is 2.71. The standard InChI is InChI=1S/C16H25NO/c1-11(2)14-9-13(5-6-15(14)18-4)10-16(7-8-16)12(3)17/h5-6,9,11-12H,7-8,10,17H2,1-4H3. The molecule has 2 rings (SSSR count). The van der Waals surface area contributed by atoms with Gasteiger partial charge in [-0.1, -0.05) is 26.0 Å². The van der Waals surface area contributed by atoms with Crippen molar-refractivity contribution in [1.29, 1.82) is 0 Å². The van der Waals surface area contributed by atoms with E-state index in [0.717, 1.165) is 12.2 Å². The van der Waals surface area contributed by atoms with Gasteiger partial charge >= 0.3 is 0 Å². The Bertz CT molecular complexity index is 419. The minimum atomic E-state index is 0.294. The SMILES string of the molecule is COc1ccc(CC2(C(C)N)CC2)cc1C(C)C. The molecule has 100 valence electrons. The summed E-state index contributed by atoms with van der Waals surface area (Å²) >= 11 is 0. The quantitative estimate of drug-likeness (QED) is 0.864. The van der Waals surface area contributed by atoms with Crippen LogP contribution >= 0.6 is 0 Å². The van der Waals surface area contributed by atoms with Gasteiger partial charge in [0, 0.05) is 6.04 Å². The molecular formula is C16H25NO. The topological polar surface area (TPSA) is 35.2 Å². The van der Waals surface area contributed by atoms with Crippen molar-refractivity contribution >= 4 is 0 Å². The zero-order valence-electron chi connectivity index (χ0n) is 12.0. The van der Waals surface area contributed by atoms with Crippen molar-refractivity contribution in [3.63, 3.8) is 0 Å². The Morgan fingerprint density at radius 2 is 1.94 bits per heavy atom. The highest BCUT2D eigenvalue weighted by molar-refractivity contribution is 5.40. The molecule has 1 unspecified atom stereocenters. The van der Waals surface area contributed by atoms with Crippen LogP contribution in [-0.4, -0.2) is 13.2 Å². The Morgan fingerprint density at radius 3 is 2.39 bits per heavy atom. The number of hydrogen-bond donors (Lipinski definition) is 1. The zero-order valence-corrected chi connectivity index (χ0v) is 12.0. The Labute approximate surface area is 111 Å². The largest absolute Gasteiger partial charge is 0.496 e. The van der Waals surface area contributed by atoms with E-state index in [4.69, 9.17) is 10.5 Å². The van der Waals surface area contributed by atoms with E-state index in [1.54, 1.807) is 7.11 Å². The van der Waals surface area contributed by atoms with E-state index in [1.807, 2.05) is 0 Å². The molecule has 0 aliphatic heterocycles. The summed E-state index contributed by atoms with van der Waals surface area (Å²) in [5.74, 6) is 1.49. The normalized spacial score (nSPS) is 18.8. The monoisotopic (exact) mass is 247 g/mol. The molecule has 0 spiro atoms. The number of ether oxygens (including phenoxy) is 1. The third-order valence-corrected chi connectivity index (χ3v) is 4.33. The van der Waals surface area contributed by atoms with Crippen LogP contribution in [0.1, 0.15) is 50.7 Å². The lowest BCUT2D eigenvalue weighted by Crippen LogP contribution is -2.29. The molecular weight excluding hydrogens is 222 g/mol. The second-order valence-electron chi connectivity index (χ2n) is 6.06. The molecule has 0 radical (unpaired) electrons. The van der Waals surface area contributed by atoms with Gasteiger partial charge in [-0.25, -0.2) is 0 Å². The molecule has 1 fully saturated rings. The van der Waals surface area contributed by atoms with E-state index in [9.17, 15) is 0 Å². The molecule has 2 nitrogen and oxygen atoms in total. The predicted octanol–water partition coefficient (Wildman–Crippen LogP) is 3.49. The van der Waals surface area contributed by atoms with Gasteiger partial charge in [0.2, 0.25) is 0 Å². The maximum Gasteiger partial charge on any atom is 0.122 e. The lowest BCUT2D eigenvalue weighted by molar-refractivity contribution is 0.404. The molecule has 1 saturated carbocycles. The van der Waals surface area contributed by atoms with Crippen LogP contribution in [0.4, 0.5) is 0 Å². The molecule has 2 N–H and O–H groups in total. The maximum absolute atomic E-state index is 6.11. The van der Waals surface area contributed by atoms with Gasteiger partial charge in [0.25, 0.3) is 0 Å². The van der Waals surface area contributed by atoms with Crippen LogP contribution < -0.4 is 10.5 Å².